The van der Waals surface area contributed by atoms with Gasteiger partial charge < -0.3 is 14.6 Å². The summed E-state index contributed by atoms with van der Waals surface area (Å²) in [5.74, 6) is 0.648. The summed E-state index contributed by atoms with van der Waals surface area (Å²) in [4.78, 5) is 19.8. The van der Waals surface area contributed by atoms with Crippen molar-refractivity contribution >= 4 is 17.7 Å². The Morgan fingerprint density at radius 2 is 2.18 bits per heavy atom. The van der Waals surface area contributed by atoms with Gasteiger partial charge in [0, 0.05) is 29.6 Å². The first-order valence-corrected chi connectivity index (χ1v) is 8.30. The molecule has 1 aromatic carbocycles. The Labute approximate surface area is 133 Å². The van der Waals surface area contributed by atoms with Gasteiger partial charge in [-0.15, -0.1) is 0 Å². The van der Waals surface area contributed by atoms with Gasteiger partial charge >= 0.3 is 0 Å². The van der Waals surface area contributed by atoms with Crippen LogP contribution in [0.1, 0.15) is 16.8 Å². The first kappa shape index (κ1) is 13.8. The number of rotatable bonds is 4. The van der Waals surface area contributed by atoms with Crippen LogP contribution in [-0.4, -0.2) is 41.5 Å². The molecule has 2 bridgehead atoms. The molecular weight excluding hydrogens is 298 g/mol. The smallest absolute Gasteiger partial charge is 0.260 e. The van der Waals surface area contributed by atoms with E-state index in [9.17, 15) is 4.79 Å². The molecule has 22 heavy (non-hydrogen) atoms. The monoisotopic (exact) mass is 315 g/mol. The van der Waals surface area contributed by atoms with Crippen LogP contribution in [0.4, 0.5) is 0 Å². The summed E-state index contributed by atoms with van der Waals surface area (Å²) >= 11 is 1.44. The van der Waals surface area contributed by atoms with Crippen LogP contribution in [-0.2, 0) is 0 Å². The van der Waals surface area contributed by atoms with E-state index in [1.807, 2.05) is 24.3 Å². The van der Waals surface area contributed by atoms with Gasteiger partial charge in [-0.05, 0) is 54.9 Å². The Balaban J connectivity index is 1.38. The highest BCUT2D eigenvalue weighted by Crippen LogP contribution is 2.28. The van der Waals surface area contributed by atoms with Crippen molar-refractivity contribution in [2.24, 2.45) is 5.92 Å². The van der Waals surface area contributed by atoms with Gasteiger partial charge in [0.2, 0.25) is 0 Å². The minimum absolute atomic E-state index is 0.0198. The second-order valence-electron chi connectivity index (χ2n) is 5.81. The largest absolute Gasteiger partial charge is 0.440 e. The van der Waals surface area contributed by atoms with Crippen molar-refractivity contribution in [3.8, 4) is 0 Å². The third-order valence-electron chi connectivity index (χ3n) is 4.38. The molecule has 2 fully saturated rings. The zero-order valence-electron chi connectivity index (χ0n) is 12.1. The Hall–Kier alpha value is -1.79. The maximum absolute atomic E-state index is 12.3. The van der Waals surface area contributed by atoms with Gasteiger partial charge in [-0.1, -0.05) is 0 Å². The number of oxazole rings is 1. The molecule has 5 nitrogen and oxygen atoms in total. The van der Waals surface area contributed by atoms with Crippen LogP contribution >= 0.6 is 11.8 Å². The van der Waals surface area contributed by atoms with E-state index in [1.54, 1.807) is 12.5 Å². The van der Waals surface area contributed by atoms with E-state index < -0.39 is 0 Å². The highest BCUT2D eigenvalue weighted by atomic mass is 32.2. The topological polar surface area (TPSA) is 58.4 Å². The number of carbonyl (C=O) groups excluding carboxylic acids is 1. The fraction of sp³-hybridized carbons (Fsp3) is 0.375. The van der Waals surface area contributed by atoms with Gasteiger partial charge in [0.1, 0.15) is 6.26 Å². The van der Waals surface area contributed by atoms with E-state index in [0.717, 1.165) is 18.0 Å². The number of nitrogens with zero attached hydrogens (tertiary/aromatic N) is 2. The van der Waals surface area contributed by atoms with E-state index in [4.69, 9.17) is 4.42 Å². The number of amides is 1. The average molecular weight is 315 g/mol. The Morgan fingerprint density at radius 3 is 2.82 bits per heavy atom. The Kier molecular flexibility index (Phi) is 3.63. The van der Waals surface area contributed by atoms with Crippen molar-refractivity contribution in [1.29, 1.82) is 0 Å². The standard InChI is InChI=1S/C16H17N3O2S/c20-15(18-14-10-19-7-5-12(14)9-19)11-1-3-13(4-2-11)22-16-17-6-8-21-16/h1-4,6,8,12,14H,5,7,9-10H2,(H,18,20)/t12-,14?/m0/s1. The summed E-state index contributed by atoms with van der Waals surface area (Å²) < 4.78 is 5.20. The molecule has 4 rings (SSSR count). The van der Waals surface area contributed by atoms with E-state index in [1.165, 1.54) is 24.7 Å². The van der Waals surface area contributed by atoms with Crippen LogP contribution in [0, 0.1) is 5.92 Å². The minimum Gasteiger partial charge on any atom is -0.440 e. The molecule has 1 amide bonds. The zero-order chi connectivity index (χ0) is 14.9. The number of piperidine rings is 1. The summed E-state index contributed by atoms with van der Waals surface area (Å²) in [6.07, 6.45) is 4.38. The van der Waals surface area contributed by atoms with Crippen molar-refractivity contribution in [2.75, 3.05) is 19.6 Å². The van der Waals surface area contributed by atoms with Gasteiger partial charge in [-0.2, -0.15) is 0 Å². The van der Waals surface area contributed by atoms with Crippen LogP contribution in [0.3, 0.4) is 0 Å². The number of hydrogen-bond acceptors (Lipinski definition) is 5. The summed E-state index contributed by atoms with van der Waals surface area (Å²) in [5.41, 5.74) is 0.703. The predicted molar refractivity (Wildman–Crippen MR) is 82.9 cm³/mol. The van der Waals surface area contributed by atoms with E-state index >= 15 is 0 Å². The van der Waals surface area contributed by atoms with Gasteiger partial charge in [-0.3, -0.25) is 4.79 Å². The normalized spacial score (nSPS) is 26.3. The molecule has 2 unspecified atom stereocenters. The number of carbonyl (C=O) groups is 1. The quantitative estimate of drug-likeness (QED) is 0.938. The average Bonchev–Trinajstić information content (AvgIpc) is 3.25. The molecule has 2 aromatic rings. The first-order chi connectivity index (χ1) is 10.8. The summed E-state index contributed by atoms with van der Waals surface area (Å²) in [6, 6.07) is 7.87. The molecule has 0 spiro atoms. The molecule has 3 heterocycles. The number of aromatic nitrogens is 1. The lowest BCUT2D eigenvalue weighted by molar-refractivity contribution is 0.0924. The van der Waals surface area contributed by atoms with Gasteiger partial charge in [-0.25, -0.2) is 4.98 Å². The third-order valence-corrected chi connectivity index (χ3v) is 5.26. The Bertz CT molecular complexity index is 657. The fourth-order valence-electron chi connectivity index (χ4n) is 3.24. The highest BCUT2D eigenvalue weighted by Gasteiger charge is 2.38. The molecule has 114 valence electrons. The van der Waals surface area contributed by atoms with Crippen molar-refractivity contribution in [2.45, 2.75) is 22.6 Å². The van der Waals surface area contributed by atoms with Crippen molar-refractivity contribution in [3.63, 3.8) is 0 Å². The molecule has 2 aliphatic heterocycles. The molecule has 0 saturated carbocycles. The van der Waals surface area contributed by atoms with E-state index in [2.05, 4.69) is 15.2 Å². The van der Waals surface area contributed by atoms with Crippen LogP contribution in [0.15, 0.2) is 51.3 Å². The SMILES string of the molecule is O=C(NC1CN2CC[C@H]1C2)c1ccc(Sc2ncco2)cc1. The molecule has 1 aromatic heterocycles. The molecule has 0 radical (unpaired) electrons. The van der Waals surface area contributed by atoms with Crippen LogP contribution < -0.4 is 5.32 Å². The van der Waals surface area contributed by atoms with Crippen LogP contribution in [0.2, 0.25) is 0 Å². The van der Waals surface area contributed by atoms with Crippen molar-refractivity contribution in [1.82, 2.24) is 15.2 Å². The summed E-state index contributed by atoms with van der Waals surface area (Å²) in [7, 11) is 0. The third kappa shape index (κ3) is 2.76. The second-order valence-corrected chi connectivity index (χ2v) is 6.84. The van der Waals surface area contributed by atoms with Crippen molar-refractivity contribution < 1.29 is 9.21 Å². The number of fused-ring (bicyclic) bond motifs is 2. The lowest BCUT2D eigenvalue weighted by atomic mass is 9.99. The number of benzene rings is 1. The van der Waals surface area contributed by atoms with Gasteiger partial charge in [0.25, 0.3) is 11.1 Å². The van der Waals surface area contributed by atoms with E-state index in [-0.39, 0.29) is 5.91 Å². The molecule has 6 heteroatoms. The zero-order valence-corrected chi connectivity index (χ0v) is 12.9. The lowest BCUT2D eigenvalue weighted by Gasteiger charge is -2.23. The van der Waals surface area contributed by atoms with Crippen molar-refractivity contribution in [3.05, 3.63) is 42.3 Å². The maximum atomic E-state index is 12.3. The predicted octanol–water partition coefficient (Wildman–Crippen LogP) is 2.26. The molecule has 1 N–H and O–H groups in total. The number of nitrogens with one attached hydrogen (secondary N) is 1. The summed E-state index contributed by atoms with van der Waals surface area (Å²) in [5, 5.41) is 3.78. The lowest BCUT2D eigenvalue weighted by Crippen LogP contribution is -2.43. The fourth-order valence-corrected chi connectivity index (χ4v) is 3.93. The van der Waals surface area contributed by atoms with Gasteiger partial charge in [0.05, 0.1) is 6.20 Å². The second kappa shape index (κ2) is 5.78. The molecule has 2 aliphatic rings. The number of hydrogen-bond donors (Lipinski definition) is 1. The Morgan fingerprint density at radius 1 is 1.32 bits per heavy atom. The van der Waals surface area contributed by atoms with Gasteiger partial charge in [0.15, 0.2) is 0 Å². The first-order valence-electron chi connectivity index (χ1n) is 7.48. The highest BCUT2D eigenvalue weighted by molar-refractivity contribution is 7.99. The molecular formula is C16H17N3O2S. The molecule has 3 atom stereocenters. The van der Waals surface area contributed by atoms with Crippen LogP contribution in [0.25, 0.3) is 0 Å². The van der Waals surface area contributed by atoms with Crippen LogP contribution in [0.5, 0.6) is 0 Å². The van der Waals surface area contributed by atoms with E-state index in [0.29, 0.717) is 22.7 Å². The molecule has 2 saturated heterocycles. The maximum Gasteiger partial charge on any atom is 0.260 e. The summed E-state index contributed by atoms with van der Waals surface area (Å²) in [6.45, 7) is 3.31. The minimum atomic E-state index is 0.0198. The molecule has 0 aliphatic carbocycles.